The van der Waals surface area contributed by atoms with Crippen LogP contribution in [0.5, 0.6) is 5.75 Å². The molecule has 0 spiro atoms. The first-order valence-corrected chi connectivity index (χ1v) is 8.44. The van der Waals surface area contributed by atoms with E-state index in [9.17, 15) is 27.6 Å². The number of amides is 4. The number of rotatable bonds is 5. The Balaban J connectivity index is 1.69. The number of benzene rings is 2. The minimum atomic E-state index is -4.87. The van der Waals surface area contributed by atoms with Crippen molar-refractivity contribution >= 4 is 23.5 Å². The molecule has 4 amide bonds. The molecule has 1 saturated heterocycles. The molecule has 0 unspecified atom stereocenters. The summed E-state index contributed by atoms with van der Waals surface area (Å²) >= 11 is 0. The van der Waals surface area contributed by atoms with E-state index in [4.69, 9.17) is 0 Å². The predicted octanol–water partition coefficient (Wildman–Crippen LogP) is 2.99. The normalized spacial score (nSPS) is 19.1. The fraction of sp³-hybridized carbons (Fsp3) is 0.211. The second kappa shape index (κ2) is 7.46. The number of urea groups is 1. The first kappa shape index (κ1) is 20.2. The number of nitrogens with zero attached hydrogens (tertiary/aromatic N) is 1. The lowest BCUT2D eigenvalue weighted by Gasteiger charge is -2.22. The van der Waals surface area contributed by atoms with Gasteiger partial charge in [-0.3, -0.25) is 14.5 Å². The van der Waals surface area contributed by atoms with Gasteiger partial charge in [-0.1, -0.05) is 36.4 Å². The molecule has 2 aromatic carbocycles. The Morgan fingerprint density at radius 3 is 2.48 bits per heavy atom. The first-order valence-electron chi connectivity index (χ1n) is 8.44. The largest absolute Gasteiger partial charge is 0.573 e. The zero-order valence-corrected chi connectivity index (χ0v) is 15.1. The van der Waals surface area contributed by atoms with Crippen LogP contribution >= 0.6 is 0 Å². The molecule has 1 aliphatic rings. The maximum absolute atomic E-state index is 12.8. The zero-order valence-electron chi connectivity index (χ0n) is 15.1. The highest BCUT2D eigenvalue weighted by molar-refractivity contribution is 6.10. The van der Waals surface area contributed by atoms with E-state index in [0.717, 1.165) is 17.0 Å². The summed E-state index contributed by atoms with van der Waals surface area (Å²) in [6, 6.07) is 12.5. The first-order chi connectivity index (χ1) is 13.6. The maximum atomic E-state index is 12.8. The lowest BCUT2D eigenvalue weighted by Crippen LogP contribution is -2.42. The Kier molecular flexibility index (Phi) is 5.19. The molecular weight excluding hydrogens is 391 g/mol. The SMILES string of the molecule is C[C@]1(c2ccccc2)NC(=O)N(CC(=O)Nc2cccc(OC(F)(F)F)c2)C1=O. The third kappa shape index (κ3) is 4.48. The van der Waals surface area contributed by atoms with E-state index in [-0.39, 0.29) is 5.69 Å². The molecule has 0 aliphatic carbocycles. The van der Waals surface area contributed by atoms with Crippen molar-refractivity contribution in [2.24, 2.45) is 0 Å². The van der Waals surface area contributed by atoms with Crippen molar-refractivity contribution in [2.75, 3.05) is 11.9 Å². The van der Waals surface area contributed by atoms with Gasteiger partial charge in [0, 0.05) is 11.8 Å². The fourth-order valence-electron chi connectivity index (χ4n) is 2.92. The Labute approximate surface area is 163 Å². The molecule has 29 heavy (non-hydrogen) atoms. The second-order valence-electron chi connectivity index (χ2n) is 6.44. The van der Waals surface area contributed by atoms with E-state index in [1.54, 1.807) is 30.3 Å². The number of hydrogen-bond donors (Lipinski definition) is 2. The van der Waals surface area contributed by atoms with Crippen molar-refractivity contribution in [3.05, 3.63) is 60.2 Å². The van der Waals surface area contributed by atoms with Crippen molar-refractivity contribution in [2.45, 2.75) is 18.8 Å². The van der Waals surface area contributed by atoms with Gasteiger partial charge in [-0.05, 0) is 24.6 Å². The topological polar surface area (TPSA) is 87.7 Å². The minimum absolute atomic E-state index is 0.0228. The van der Waals surface area contributed by atoms with Gasteiger partial charge < -0.3 is 15.4 Å². The summed E-state index contributed by atoms with van der Waals surface area (Å²) in [6.45, 7) is 0.926. The van der Waals surface area contributed by atoms with Gasteiger partial charge in [0.2, 0.25) is 5.91 Å². The molecule has 7 nitrogen and oxygen atoms in total. The number of anilines is 1. The van der Waals surface area contributed by atoms with Crippen molar-refractivity contribution in [3.8, 4) is 5.75 Å². The molecule has 152 valence electrons. The quantitative estimate of drug-likeness (QED) is 0.746. The van der Waals surface area contributed by atoms with Gasteiger partial charge in [-0.25, -0.2) is 4.79 Å². The molecule has 1 aliphatic heterocycles. The summed E-state index contributed by atoms with van der Waals surface area (Å²) in [5.74, 6) is -1.88. The Morgan fingerprint density at radius 1 is 1.14 bits per heavy atom. The standard InChI is InChI=1S/C19H16F3N3O4/c1-18(12-6-3-2-4-7-12)16(27)25(17(28)24-18)11-15(26)23-13-8-5-9-14(10-13)29-19(20,21)22/h2-10H,11H2,1H3,(H,23,26)(H,24,28)/t18-/m1/s1. The Bertz CT molecular complexity index is 949. The Hall–Kier alpha value is -3.56. The van der Waals surface area contributed by atoms with Crippen LogP contribution < -0.4 is 15.4 Å². The predicted molar refractivity (Wildman–Crippen MR) is 95.8 cm³/mol. The monoisotopic (exact) mass is 407 g/mol. The number of hydrogen-bond acceptors (Lipinski definition) is 4. The highest BCUT2D eigenvalue weighted by Crippen LogP contribution is 2.29. The molecule has 0 aromatic heterocycles. The summed E-state index contributed by atoms with van der Waals surface area (Å²) in [7, 11) is 0. The van der Waals surface area contributed by atoms with Crippen LogP contribution in [-0.2, 0) is 15.1 Å². The highest BCUT2D eigenvalue weighted by Gasteiger charge is 2.49. The van der Waals surface area contributed by atoms with E-state index < -0.39 is 42.0 Å². The molecule has 0 saturated carbocycles. The summed E-state index contributed by atoms with van der Waals surface area (Å²) < 4.78 is 40.7. The smallest absolute Gasteiger partial charge is 0.406 e. The third-order valence-corrected chi connectivity index (χ3v) is 4.28. The molecular formula is C19H16F3N3O4. The van der Waals surface area contributed by atoms with E-state index >= 15 is 0 Å². The van der Waals surface area contributed by atoms with Gasteiger partial charge in [0.25, 0.3) is 5.91 Å². The van der Waals surface area contributed by atoms with Gasteiger partial charge in [-0.2, -0.15) is 0 Å². The fourth-order valence-corrected chi connectivity index (χ4v) is 2.92. The molecule has 0 radical (unpaired) electrons. The van der Waals surface area contributed by atoms with Crippen LogP contribution in [0.3, 0.4) is 0 Å². The molecule has 1 atom stereocenters. The number of carbonyl (C=O) groups excluding carboxylic acids is 3. The zero-order chi connectivity index (χ0) is 21.2. The van der Waals surface area contributed by atoms with Crippen LogP contribution in [0.1, 0.15) is 12.5 Å². The molecule has 0 bridgehead atoms. The maximum Gasteiger partial charge on any atom is 0.573 e. The molecule has 2 N–H and O–H groups in total. The number of ether oxygens (including phenoxy) is 1. The van der Waals surface area contributed by atoms with Crippen LogP contribution in [0.25, 0.3) is 0 Å². The van der Waals surface area contributed by atoms with Gasteiger partial charge in [-0.15, -0.1) is 13.2 Å². The van der Waals surface area contributed by atoms with Crippen LogP contribution in [0.2, 0.25) is 0 Å². The molecule has 2 aromatic rings. The molecule has 1 heterocycles. The second-order valence-corrected chi connectivity index (χ2v) is 6.44. The highest BCUT2D eigenvalue weighted by atomic mass is 19.4. The van der Waals surface area contributed by atoms with E-state index in [2.05, 4.69) is 15.4 Å². The summed E-state index contributed by atoms with van der Waals surface area (Å²) in [4.78, 5) is 38.0. The van der Waals surface area contributed by atoms with Crippen LogP contribution in [0.15, 0.2) is 54.6 Å². The van der Waals surface area contributed by atoms with Gasteiger partial charge in [0.15, 0.2) is 0 Å². The number of imide groups is 1. The number of nitrogens with one attached hydrogen (secondary N) is 2. The number of carbonyl (C=O) groups is 3. The molecule has 10 heteroatoms. The van der Waals surface area contributed by atoms with E-state index in [1.807, 2.05) is 0 Å². The van der Waals surface area contributed by atoms with Crippen LogP contribution in [-0.4, -0.2) is 35.7 Å². The Morgan fingerprint density at radius 2 is 1.83 bits per heavy atom. The third-order valence-electron chi connectivity index (χ3n) is 4.28. The molecule has 3 rings (SSSR count). The summed E-state index contributed by atoms with van der Waals surface area (Å²) in [6.07, 6.45) is -4.87. The lowest BCUT2D eigenvalue weighted by molar-refractivity contribution is -0.274. The minimum Gasteiger partial charge on any atom is -0.406 e. The van der Waals surface area contributed by atoms with Crippen molar-refractivity contribution in [1.82, 2.24) is 10.2 Å². The van der Waals surface area contributed by atoms with Gasteiger partial charge in [0.05, 0.1) is 0 Å². The summed E-state index contributed by atoms with van der Waals surface area (Å²) in [5, 5.41) is 4.91. The van der Waals surface area contributed by atoms with Crippen LogP contribution in [0, 0.1) is 0 Å². The average Bonchev–Trinajstić information content (AvgIpc) is 2.85. The van der Waals surface area contributed by atoms with Crippen LogP contribution in [0.4, 0.5) is 23.7 Å². The summed E-state index contributed by atoms with van der Waals surface area (Å²) in [5.41, 5.74) is -0.744. The number of halogens is 3. The van der Waals surface area contributed by atoms with Crippen molar-refractivity contribution < 1.29 is 32.3 Å². The molecule has 1 fully saturated rings. The lowest BCUT2D eigenvalue weighted by atomic mass is 9.92. The van der Waals surface area contributed by atoms with Crippen molar-refractivity contribution in [3.63, 3.8) is 0 Å². The van der Waals surface area contributed by atoms with Gasteiger partial charge >= 0.3 is 12.4 Å². The van der Waals surface area contributed by atoms with Crippen molar-refractivity contribution in [1.29, 1.82) is 0 Å². The number of alkyl halides is 3. The average molecular weight is 407 g/mol. The van der Waals surface area contributed by atoms with E-state index in [0.29, 0.717) is 5.56 Å². The van der Waals surface area contributed by atoms with Gasteiger partial charge in [0.1, 0.15) is 17.8 Å². The van der Waals surface area contributed by atoms with E-state index in [1.165, 1.54) is 19.1 Å².